The molecule has 0 saturated heterocycles. The zero-order valence-corrected chi connectivity index (χ0v) is 29.2. The summed E-state index contributed by atoms with van der Waals surface area (Å²) in [4.78, 5) is 29.0. The second-order valence-corrected chi connectivity index (χ2v) is 13.6. The summed E-state index contributed by atoms with van der Waals surface area (Å²) in [5, 5.41) is 1.01. The van der Waals surface area contributed by atoms with E-state index in [4.69, 9.17) is 0 Å². The Hall–Kier alpha value is -7.30. The van der Waals surface area contributed by atoms with E-state index in [-0.39, 0.29) is 11.1 Å². The van der Waals surface area contributed by atoms with Crippen molar-refractivity contribution in [2.75, 3.05) is 0 Å². The van der Waals surface area contributed by atoms with Crippen molar-refractivity contribution in [2.24, 2.45) is 0 Å². The van der Waals surface area contributed by atoms with Crippen LogP contribution >= 0.6 is 0 Å². The average molecular weight is 693 g/mol. The summed E-state index contributed by atoms with van der Waals surface area (Å²) in [6.07, 6.45) is 0. The number of fused-ring (bicyclic) bond motifs is 5. The minimum atomic E-state index is -0.335. The summed E-state index contributed by atoms with van der Waals surface area (Å²) in [6.45, 7) is 0. The molecule has 0 spiro atoms. The van der Waals surface area contributed by atoms with Gasteiger partial charge in [-0.25, -0.2) is 4.52 Å². The lowest BCUT2D eigenvalue weighted by Gasteiger charge is -2.19. The second-order valence-electron chi connectivity index (χ2n) is 13.6. The monoisotopic (exact) mass is 692 g/mol. The van der Waals surface area contributed by atoms with Gasteiger partial charge in [0.1, 0.15) is 0 Å². The Morgan fingerprint density at radius 3 is 1.35 bits per heavy atom. The van der Waals surface area contributed by atoms with Gasteiger partial charge in [0.25, 0.3) is 11.1 Å². The first-order chi connectivity index (χ1) is 26.7. The number of hydrogen-bond acceptors (Lipinski definition) is 2. The maximum Gasteiger partial charge on any atom is 0.283 e. The number of hydrogen-bond donors (Lipinski definition) is 0. The maximum absolute atomic E-state index is 14.8. The molecule has 0 saturated carbocycles. The highest BCUT2D eigenvalue weighted by molar-refractivity contribution is 6.06. The van der Waals surface area contributed by atoms with E-state index in [0.717, 1.165) is 66.8 Å². The third kappa shape index (κ3) is 5.00. The molecular weight excluding hydrogens is 661 g/mol. The molecule has 10 rings (SSSR count). The van der Waals surface area contributed by atoms with E-state index in [9.17, 15) is 9.59 Å². The van der Waals surface area contributed by atoms with Crippen LogP contribution in [0.1, 0.15) is 0 Å². The van der Waals surface area contributed by atoms with Gasteiger partial charge < -0.3 is 0 Å². The van der Waals surface area contributed by atoms with Gasteiger partial charge in [-0.15, -0.1) is 0 Å². The molecule has 0 bridgehead atoms. The van der Waals surface area contributed by atoms with Gasteiger partial charge >= 0.3 is 0 Å². The zero-order chi connectivity index (χ0) is 36.2. The van der Waals surface area contributed by atoms with E-state index >= 15 is 0 Å². The number of rotatable bonds is 6. The molecule has 54 heavy (non-hydrogen) atoms. The SMILES string of the molecule is O=c1c2ccc(-c3ccccc3-c3ccccc3)cc2n2c3cccc(-c4c(-c5ccccc5)cc(-c5ccccc5)cc4-c4ccccc4)c3c(=O)n12. The van der Waals surface area contributed by atoms with Gasteiger partial charge in [0.05, 0.1) is 21.8 Å². The van der Waals surface area contributed by atoms with Crippen LogP contribution in [0.5, 0.6) is 0 Å². The first-order valence-corrected chi connectivity index (χ1v) is 18.1. The summed E-state index contributed by atoms with van der Waals surface area (Å²) in [7, 11) is 0. The lowest BCUT2D eigenvalue weighted by molar-refractivity contribution is 0.841. The molecule has 0 fully saturated rings. The smallest absolute Gasteiger partial charge is 0.267 e. The van der Waals surface area contributed by atoms with Gasteiger partial charge in [0.15, 0.2) is 0 Å². The Morgan fingerprint density at radius 2 is 0.778 bits per heavy atom. The molecule has 0 radical (unpaired) electrons. The minimum absolute atomic E-state index is 0.328. The van der Waals surface area contributed by atoms with E-state index < -0.39 is 0 Å². The Labute approximate surface area is 311 Å². The Kier molecular flexibility index (Phi) is 7.41. The molecule has 10 aromatic rings. The van der Waals surface area contributed by atoms with E-state index in [1.165, 1.54) is 4.52 Å². The van der Waals surface area contributed by atoms with Crippen LogP contribution in [0.4, 0.5) is 0 Å². The molecule has 8 aromatic carbocycles. The molecule has 0 N–H and O–H groups in total. The van der Waals surface area contributed by atoms with Gasteiger partial charge in [0, 0.05) is 0 Å². The lowest BCUT2D eigenvalue weighted by Crippen LogP contribution is -2.21. The molecule has 0 aliphatic carbocycles. The summed E-state index contributed by atoms with van der Waals surface area (Å²) < 4.78 is 3.13. The third-order valence-electron chi connectivity index (χ3n) is 10.5. The number of aromatic nitrogens is 2. The lowest BCUT2D eigenvalue weighted by atomic mass is 9.84. The van der Waals surface area contributed by atoms with Crippen LogP contribution in [0.25, 0.3) is 88.6 Å². The Balaban J connectivity index is 1.28. The van der Waals surface area contributed by atoms with Gasteiger partial charge in [-0.2, -0.15) is 4.52 Å². The Bertz CT molecular complexity index is 3050. The topological polar surface area (TPSA) is 43.0 Å². The summed E-state index contributed by atoms with van der Waals surface area (Å²) in [5.74, 6) is 0. The van der Waals surface area contributed by atoms with Crippen molar-refractivity contribution in [1.82, 2.24) is 9.03 Å². The normalized spacial score (nSPS) is 11.5. The highest BCUT2D eigenvalue weighted by Crippen LogP contribution is 2.45. The first kappa shape index (κ1) is 31.4. The predicted molar refractivity (Wildman–Crippen MR) is 222 cm³/mol. The fourth-order valence-electron chi connectivity index (χ4n) is 8.07. The molecule has 4 heteroatoms. The highest BCUT2D eigenvalue weighted by atomic mass is 16.2. The van der Waals surface area contributed by atoms with Gasteiger partial charge in [-0.1, -0.05) is 164 Å². The highest BCUT2D eigenvalue weighted by Gasteiger charge is 2.24. The summed E-state index contributed by atoms with van der Waals surface area (Å²) in [5.41, 5.74) is 12.9. The van der Waals surface area contributed by atoms with Gasteiger partial charge in [-0.05, 0) is 97.1 Å². The van der Waals surface area contributed by atoms with E-state index in [0.29, 0.717) is 21.8 Å². The fourth-order valence-corrected chi connectivity index (χ4v) is 8.07. The molecule has 2 heterocycles. The van der Waals surface area contributed by atoms with Crippen molar-refractivity contribution in [3.05, 3.63) is 215 Å². The quantitative estimate of drug-likeness (QED) is 0.174. The van der Waals surface area contributed by atoms with Crippen LogP contribution in [0.3, 0.4) is 0 Å². The standard InChI is InChI=1S/C50H32N2O2/c53-49-41-29-28-37(40-25-14-13-24-39(40)34-18-7-2-8-19-34)32-46(41)51-45-27-15-26-42(48(45)50(54)52(49)51)47-43(35-20-9-3-10-21-35)30-38(33-16-5-1-6-17-33)31-44(47)36-22-11-4-12-23-36/h1-32H. The second kappa shape index (κ2) is 12.7. The fraction of sp³-hybridized carbons (Fsp3) is 0. The number of nitrogens with zero attached hydrogens (tertiary/aromatic N) is 2. The molecule has 0 atom stereocenters. The van der Waals surface area contributed by atoms with Crippen LogP contribution in [0.2, 0.25) is 0 Å². The van der Waals surface area contributed by atoms with Crippen LogP contribution in [-0.2, 0) is 0 Å². The summed E-state index contributed by atoms with van der Waals surface area (Å²) in [6, 6.07) is 66.0. The van der Waals surface area contributed by atoms with Crippen molar-refractivity contribution in [2.45, 2.75) is 0 Å². The van der Waals surface area contributed by atoms with Crippen LogP contribution < -0.4 is 11.1 Å². The predicted octanol–water partition coefficient (Wildman–Crippen LogP) is 11.5. The Morgan fingerprint density at radius 1 is 0.296 bits per heavy atom. The number of benzene rings is 8. The van der Waals surface area contributed by atoms with E-state index in [1.54, 1.807) is 0 Å². The van der Waals surface area contributed by atoms with Crippen molar-refractivity contribution in [3.8, 4) is 66.8 Å². The van der Waals surface area contributed by atoms with Gasteiger partial charge in [0.2, 0.25) is 0 Å². The molecule has 2 aromatic heterocycles. The molecule has 0 aliphatic rings. The molecule has 0 aliphatic heterocycles. The molecule has 0 amide bonds. The largest absolute Gasteiger partial charge is 0.283 e. The van der Waals surface area contributed by atoms with Crippen LogP contribution in [-0.4, -0.2) is 9.03 Å². The molecule has 0 unspecified atom stereocenters. The van der Waals surface area contributed by atoms with Crippen molar-refractivity contribution in [1.29, 1.82) is 0 Å². The van der Waals surface area contributed by atoms with Gasteiger partial charge in [-0.3, -0.25) is 9.59 Å². The van der Waals surface area contributed by atoms with Crippen molar-refractivity contribution < 1.29 is 0 Å². The average Bonchev–Trinajstić information content (AvgIpc) is 3.72. The van der Waals surface area contributed by atoms with Crippen LogP contribution in [0, 0.1) is 0 Å². The molecule has 4 nitrogen and oxygen atoms in total. The maximum atomic E-state index is 14.8. The molecular formula is C50H32N2O2. The van der Waals surface area contributed by atoms with E-state index in [2.05, 4.69) is 84.9 Å². The van der Waals surface area contributed by atoms with Crippen LogP contribution in [0.15, 0.2) is 204 Å². The van der Waals surface area contributed by atoms with E-state index in [1.807, 2.05) is 114 Å². The van der Waals surface area contributed by atoms with Crippen molar-refractivity contribution >= 4 is 21.8 Å². The van der Waals surface area contributed by atoms with Crippen molar-refractivity contribution in [3.63, 3.8) is 0 Å². The minimum Gasteiger partial charge on any atom is -0.267 e. The zero-order valence-electron chi connectivity index (χ0n) is 29.2. The first-order valence-electron chi connectivity index (χ1n) is 18.1. The molecule has 254 valence electrons. The summed E-state index contributed by atoms with van der Waals surface area (Å²) >= 11 is 0. The third-order valence-corrected chi connectivity index (χ3v) is 10.5.